The van der Waals surface area contributed by atoms with Gasteiger partial charge >= 0.3 is 0 Å². The smallest absolute Gasteiger partial charge is 0.194 e. The molecule has 1 N–H and O–H groups in total. The van der Waals surface area contributed by atoms with Gasteiger partial charge in [-0.3, -0.25) is 4.99 Å². The molecule has 0 amide bonds. The summed E-state index contributed by atoms with van der Waals surface area (Å²) in [6.07, 6.45) is 1.17. The van der Waals surface area contributed by atoms with Crippen molar-refractivity contribution in [1.29, 1.82) is 0 Å². The lowest BCUT2D eigenvalue weighted by Gasteiger charge is -2.40. The van der Waals surface area contributed by atoms with Gasteiger partial charge in [0.25, 0.3) is 0 Å². The van der Waals surface area contributed by atoms with E-state index >= 15 is 0 Å². The summed E-state index contributed by atoms with van der Waals surface area (Å²) in [5.41, 5.74) is 0. The molecule has 0 spiro atoms. The van der Waals surface area contributed by atoms with Gasteiger partial charge in [0.15, 0.2) is 5.96 Å². The summed E-state index contributed by atoms with van der Waals surface area (Å²) in [5.74, 6) is 2.04. The molecule has 84 valence electrons. The van der Waals surface area contributed by atoms with Crippen LogP contribution in [0.25, 0.3) is 0 Å². The van der Waals surface area contributed by atoms with Crippen LogP contribution in [0.1, 0.15) is 13.3 Å². The van der Waals surface area contributed by atoms with Crippen molar-refractivity contribution in [2.75, 3.05) is 33.2 Å². The monoisotopic (exact) mass is 208 g/mol. The van der Waals surface area contributed by atoms with Gasteiger partial charge in [-0.05, 0) is 20.4 Å². The summed E-state index contributed by atoms with van der Waals surface area (Å²) in [6, 6.07) is 1.38. The fraction of sp³-hybridized carbons (Fsp3) is 0.909. The highest BCUT2D eigenvalue weighted by Crippen LogP contribution is 2.30. The van der Waals surface area contributed by atoms with Crippen molar-refractivity contribution in [2.45, 2.75) is 25.4 Å². The number of likely N-dealkylation sites (N-methyl/N-ethyl adjacent to an activating group) is 1. The predicted molar refractivity (Wildman–Crippen MR) is 61.0 cm³/mol. The maximum atomic E-state index is 4.60. The number of rotatable bonds is 0. The third-order valence-corrected chi connectivity index (χ3v) is 3.99. The Labute approximate surface area is 91.3 Å². The summed E-state index contributed by atoms with van der Waals surface area (Å²) >= 11 is 0. The number of hydrogen-bond acceptors (Lipinski definition) is 4. The third-order valence-electron chi connectivity index (χ3n) is 3.99. The quantitative estimate of drug-likeness (QED) is 0.606. The Hall–Kier alpha value is -0.770. The van der Waals surface area contributed by atoms with Crippen molar-refractivity contribution in [3.63, 3.8) is 0 Å². The van der Waals surface area contributed by atoms with E-state index in [0.717, 1.165) is 24.5 Å². The molecule has 0 aliphatic carbocycles. The van der Waals surface area contributed by atoms with Gasteiger partial charge in [-0.15, -0.1) is 0 Å². The molecule has 3 aliphatic heterocycles. The van der Waals surface area contributed by atoms with E-state index in [1.165, 1.54) is 26.1 Å². The molecule has 0 bridgehead atoms. The molecular weight excluding hydrogens is 188 g/mol. The first-order valence-electron chi connectivity index (χ1n) is 6.00. The fourth-order valence-corrected chi connectivity index (χ4v) is 2.97. The molecule has 3 atom stereocenters. The SMILES string of the molecule is CC1CCN=C(N2CC3CN(C)C3C2)N1. The van der Waals surface area contributed by atoms with Gasteiger partial charge in [-0.25, -0.2) is 0 Å². The van der Waals surface area contributed by atoms with Crippen LogP contribution in [0.2, 0.25) is 0 Å². The van der Waals surface area contributed by atoms with Crippen LogP contribution in [0.5, 0.6) is 0 Å². The van der Waals surface area contributed by atoms with Crippen molar-refractivity contribution in [1.82, 2.24) is 15.1 Å². The minimum atomic E-state index is 0.591. The highest BCUT2D eigenvalue weighted by molar-refractivity contribution is 5.81. The molecule has 0 aromatic carbocycles. The van der Waals surface area contributed by atoms with E-state index in [0.29, 0.717) is 6.04 Å². The number of likely N-dealkylation sites (tertiary alicyclic amines) is 2. The normalized spacial score (nSPS) is 40.5. The number of fused-ring (bicyclic) bond motifs is 1. The Kier molecular flexibility index (Phi) is 2.12. The van der Waals surface area contributed by atoms with E-state index < -0.39 is 0 Å². The van der Waals surface area contributed by atoms with Gasteiger partial charge in [0.1, 0.15) is 0 Å². The Morgan fingerprint density at radius 3 is 2.87 bits per heavy atom. The minimum Gasteiger partial charge on any atom is -0.354 e. The van der Waals surface area contributed by atoms with Crippen molar-refractivity contribution in [3.05, 3.63) is 0 Å². The largest absolute Gasteiger partial charge is 0.354 e. The highest BCUT2D eigenvalue weighted by Gasteiger charge is 2.44. The molecule has 2 fully saturated rings. The van der Waals surface area contributed by atoms with Gasteiger partial charge in [0.05, 0.1) is 0 Å². The Morgan fingerprint density at radius 1 is 1.33 bits per heavy atom. The predicted octanol–water partition coefficient (Wildman–Crippen LogP) is -0.0300. The molecule has 0 radical (unpaired) electrons. The van der Waals surface area contributed by atoms with E-state index in [2.05, 4.69) is 34.1 Å². The van der Waals surface area contributed by atoms with Crippen molar-refractivity contribution < 1.29 is 0 Å². The molecule has 0 saturated carbocycles. The van der Waals surface area contributed by atoms with Crippen molar-refractivity contribution in [2.24, 2.45) is 10.9 Å². The number of guanidine groups is 1. The molecule has 3 aliphatic rings. The first kappa shape index (κ1) is 9.46. The van der Waals surface area contributed by atoms with Crippen LogP contribution < -0.4 is 5.32 Å². The minimum absolute atomic E-state index is 0.591. The van der Waals surface area contributed by atoms with Crippen LogP contribution in [0, 0.1) is 5.92 Å². The summed E-state index contributed by atoms with van der Waals surface area (Å²) in [4.78, 5) is 9.49. The maximum Gasteiger partial charge on any atom is 0.194 e. The average Bonchev–Trinajstić information content (AvgIpc) is 2.55. The zero-order valence-electron chi connectivity index (χ0n) is 9.61. The van der Waals surface area contributed by atoms with Crippen LogP contribution >= 0.6 is 0 Å². The topological polar surface area (TPSA) is 30.9 Å². The van der Waals surface area contributed by atoms with Crippen LogP contribution in [-0.4, -0.2) is 61.1 Å². The number of nitrogens with one attached hydrogen (secondary N) is 1. The van der Waals surface area contributed by atoms with Gasteiger partial charge < -0.3 is 15.1 Å². The average molecular weight is 208 g/mol. The molecule has 0 aromatic heterocycles. The molecule has 2 saturated heterocycles. The second kappa shape index (κ2) is 3.37. The van der Waals surface area contributed by atoms with Crippen molar-refractivity contribution in [3.8, 4) is 0 Å². The Bertz CT molecular complexity index is 288. The zero-order valence-corrected chi connectivity index (χ0v) is 9.61. The van der Waals surface area contributed by atoms with E-state index in [4.69, 9.17) is 0 Å². The standard InChI is InChI=1S/C11H20N4/c1-8-3-4-12-11(13-8)15-6-9-5-14(2)10(9)7-15/h8-10H,3-7H2,1-2H3,(H,12,13). The molecule has 4 heteroatoms. The summed E-state index contributed by atoms with van der Waals surface area (Å²) in [5, 5.41) is 3.50. The third kappa shape index (κ3) is 1.51. The molecule has 3 heterocycles. The van der Waals surface area contributed by atoms with Gasteiger partial charge in [0, 0.05) is 44.2 Å². The van der Waals surface area contributed by atoms with Gasteiger partial charge in [0.2, 0.25) is 0 Å². The van der Waals surface area contributed by atoms with Gasteiger partial charge in [-0.1, -0.05) is 0 Å². The zero-order chi connectivity index (χ0) is 10.4. The Balaban J connectivity index is 1.66. The van der Waals surface area contributed by atoms with E-state index in [-0.39, 0.29) is 0 Å². The maximum absolute atomic E-state index is 4.60. The summed E-state index contributed by atoms with van der Waals surface area (Å²) in [7, 11) is 2.23. The molecule has 3 unspecified atom stereocenters. The highest BCUT2D eigenvalue weighted by atomic mass is 15.4. The van der Waals surface area contributed by atoms with Gasteiger partial charge in [-0.2, -0.15) is 0 Å². The molecule has 0 aromatic rings. The lowest BCUT2D eigenvalue weighted by atomic mass is 9.93. The molecule has 15 heavy (non-hydrogen) atoms. The first-order valence-corrected chi connectivity index (χ1v) is 6.00. The van der Waals surface area contributed by atoms with Crippen LogP contribution in [0.15, 0.2) is 4.99 Å². The number of hydrogen-bond donors (Lipinski definition) is 1. The second-order valence-electron chi connectivity index (χ2n) is 5.21. The summed E-state index contributed by atoms with van der Waals surface area (Å²) in [6.45, 7) is 6.87. The van der Waals surface area contributed by atoms with Crippen LogP contribution in [0.4, 0.5) is 0 Å². The van der Waals surface area contributed by atoms with E-state index in [9.17, 15) is 0 Å². The number of aliphatic imine (C=N–C) groups is 1. The molecule has 3 rings (SSSR count). The van der Waals surface area contributed by atoms with Crippen molar-refractivity contribution >= 4 is 5.96 Å². The van der Waals surface area contributed by atoms with E-state index in [1.807, 2.05) is 0 Å². The number of nitrogens with zero attached hydrogens (tertiary/aromatic N) is 3. The lowest BCUT2D eigenvalue weighted by Crippen LogP contribution is -2.53. The Morgan fingerprint density at radius 2 is 2.20 bits per heavy atom. The second-order valence-corrected chi connectivity index (χ2v) is 5.21. The lowest BCUT2D eigenvalue weighted by molar-refractivity contribution is 0.0826. The van der Waals surface area contributed by atoms with Crippen LogP contribution in [0.3, 0.4) is 0 Å². The first-order chi connectivity index (χ1) is 7.24. The van der Waals surface area contributed by atoms with Crippen LogP contribution in [-0.2, 0) is 0 Å². The summed E-state index contributed by atoms with van der Waals surface area (Å²) < 4.78 is 0. The fourth-order valence-electron chi connectivity index (χ4n) is 2.97. The van der Waals surface area contributed by atoms with E-state index in [1.54, 1.807) is 0 Å². The molecule has 4 nitrogen and oxygen atoms in total. The molecular formula is C11H20N4.